The van der Waals surface area contributed by atoms with E-state index >= 15 is 0 Å². The van der Waals surface area contributed by atoms with E-state index in [-0.39, 0.29) is 26.8 Å². The van der Waals surface area contributed by atoms with E-state index in [4.69, 9.17) is 9.97 Å². The minimum atomic E-state index is 0. The Morgan fingerprint density at radius 2 is 1.15 bits per heavy atom. The van der Waals surface area contributed by atoms with Crippen molar-refractivity contribution < 1.29 is 26.2 Å². The summed E-state index contributed by atoms with van der Waals surface area (Å²) >= 11 is 0. The van der Waals surface area contributed by atoms with Gasteiger partial charge < -0.3 is 5.11 Å². The van der Waals surface area contributed by atoms with Crippen LogP contribution in [0.2, 0.25) is 0 Å². The molecule has 47 heavy (non-hydrogen) atoms. The van der Waals surface area contributed by atoms with Crippen molar-refractivity contribution in [2.24, 2.45) is 0 Å². The van der Waals surface area contributed by atoms with Crippen molar-refractivity contribution in [3.05, 3.63) is 170 Å². The van der Waals surface area contributed by atoms with Crippen LogP contribution in [0.1, 0.15) is 0 Å². The second kappa shape index (κ2) is 13.0. The van der Waals surface area contributed by atoms with Crippen LogP contribution in [0.3, 0.4) is 0 Å². The van der Waals surface area contributed by atoms with Crippen molar-refractivity contribution in [2.45, 2.75) is 0 Å². The SMILES string of the molecule is Oc1ccccc1-c1nc2c(-c3[c-]c(-c4cc(-c5ccccc5)ccn4)cc(-c4ccccc4)c3)cccc2n1-c1ccccc1.[Pt]. The van der Waals surface area contributed by atoms with Gasteiger partial charge in [-0.05, 0) is 53.1 Å². The quantitative estimate of drug-likeness (QED) is 0.171. The summed E-state index contributed by atoms with van der Waals surface area (Å²) < 4.78 is 2.11. The minimum Gasteiger partial charge on any atom is -0.507 e. The molecule has 0 saturated heterocycles. The van der Waals surface area contributed by atoms with E-state index in [1.807, 2.05) is 72.9 Å². The number of imidazole rings is 1. The Kier molecular flexibility index (Phi) is 8.35. The number of nitrogens with zero attached hydrogens (tertiary/aromatic N) is 3. The van der Waals surface area contributed by atoms with Gasteiger partial charge in [0.1, 0.15) is 11.6 Å². The first-order valence-electron chi connectivity index (χ1n) is 15.2. The van der Waals surface area contributed by atoms with Crippen LogP contribution in [0.5, 0.6) is 5.75 Å². The summed E-state index contributed by atoms with van der Waals surface area (Å²) in [4.78, 5) is 10.0. The molecule has 228 valence electrons. The van der Waals surface area contributed by atoms with E-state index in [1.54, 1.807) is 6.07 Å². The summed E-state index contributed by atoms with van der Waals surface area (Å²) in [6, 6.07) is 56.7. The summed E-state index contributed by atoms with van der Waals surface area (Å²) in [5.74, 6) is 0.851. The molecule has 0 atom stereocenters. The molecule has 0 radical (unpaired) electrons. The number of pyridine rings is 1. The maximum Gasteiger partial charge on any atom is 0.148 e. The molecule has 0 bridgehead atoms. The second-order valence-electron chi connectivity index (χ2n) is 11.2. The Morgan fingerprint density at radius 1 is 0.532 bits per heavy atom. The van der Waals surface area contributed by atoms with Crippen LogP contribution < -0.4 is 0 Å². The summed E-state index contributed by atoms with van der Waals surface area (Å²) in [6.45, 7) is 0. The minimum absolute atomic E-state index is 0. The largest absolute Gasteiger partial charge is 0.507 e. The molecule has 0 unspecified atom stereocenters. The Labute approximate surface area is 287 Å². The van der Waals surface area contributed by atoms with E-state index in [9.17, 15) is 5.11 Å². The number of para-hydroxylation sites is 3. The van der Waals surface area contributed by atoms with Crippen molar-refractivity contribution in [1.29, 1.82) is 0 Å². The van der Waals surface area contributed by atoms with E-state index in [2.05, 4.69) is 95.6 Å². The summed E-state index contributed by atoms with van der Waals surface area (Å²) in [5.41, 5.74) is 11.4. The van der Waals surface area contributed by atoms with Crippen LogP contribution in [0, 0.1) is 6.07 Å². The standard InChI is InChI=1S/C42H28N3O.Pt/c46-40-22-11-10-19-37(40)42-44-41-36(20-12-21-39(41)45(42)35-17-8-3-9-18-35)33-25-32(30-15-6-2-7-16-30)26-34(27-33)38-28-31(23-24-43-38)29-13-4-1-5-14-29;/h1-26,28,46H;/q-1;. The normalized spacial score (nSPS) is 10.9. The number of fused-ring (bicyclic) bond motifs is 1. The van der Waals surface area contributed by atoms with Crippen LogP contribution in [-0.2, 0) is 21.1 Å². The van der Waals surface area contributed by atoms with Crippen LogP contribution in [0.25, 0.3) is 72.7 Å². The molecule has 8 rings (SSSR count). The average molecular weight is 786 g/mol. The Morgan fingerprint density at radius 3 is 1.87 bits per heavy atom. The molecule has 0 aliphatic heterocycles. The molecular weight excluding hydrogens is 758 g/mol. The molecular formula is C42H28N3OPt-. The fourth-order valence-electron chi connectivity index (χ4n) is 6.04. The zero-order valence-corrected chi connectivity index (χ0v) is 27.5. The number of phenolic OH excluding ortho intramolecular Hbond substituents is 1. The molecule has 0 amide bonds. The Balaban J connectivity index is 0.00000351. The van der Waals surface area contributed by atoms with Crippen molar-refractivity contribution in [2.75, 3.05) is 0 Å². The Bertz CT molecular complexity index is 2320. The van der Waals surface area contributed by atoms with Gasteiger partial charge in [-0.15, -0.1) is 23.8 Å². The zero-order valence-electron chi connectivity index (χ0n) is 25.2. The predicted molar refractivity (Wildman–Crippen MR) is 187 cm³/mol. The molecule has 5 heteroatoms. The second-order valence-corrected chi connectivity index (χ2v) is 11.2. The van der Waals surface area contributed by atoms with Gasteiger partial charge in [0.05, 0.1) is 16.6 Å². The summed E-state index contributed by atoms with van der Waals surface area (Å²) in [7, 11) is 0. The van der Waals surface area contributed by atoms with Crippen LogP contribution >= 0.6 is 0 Å². The number of benzene rings is 6. The van der Waals surface area contributed by atoms with Crippen molar-refractivity contribution >= 4 is 11.0 Å². The number of aromatic nitrogens is 3. The van der Waals surface area contributed by atoms with E-state index in [1.165, 1.54) is 0 Å². The molecule has 0 fully saturated rings. The van der Waals surface area contributed by atoms with Gasteiger partial charge in [0.25, 0.3) is 0 Å². The Hall–Kier alpha value is -5.57. The number of hydrogen-bond donors (Lipinski definition) is 1. The monoisotopic (exact) mass is 785 g/mol. The van der Waals surface area contributed by atoms with Gasteiger partial charge in [-0.25, -0.2) is 4.98 Å². The van der Waals surface area contributed by atoms with Crippen molar-refractivity contribution in [1.82, 2.24) is 14.5 Å². The smallest absolute Gasteiger partial charge is 0.148 e. The van der Waals surface area contributed by atoms with Gasteiger partial charge in [-0.2, -0.15) is 0 Å². The van der Waals surface area contributed by atoms with Crippen LogP contribution in [-0.4, -0.2) is 19.6 Å². The number of phenols is 1. The summed E-state index contributed by atoms with van der Waals surface area (Å²) in [5, 5.41) is 10.9. The predicted octanol–water partition coefficient (Wildman–Crippen LogP) is 10.3. The van der Waals surface area contributed by atoms with Gasteiger partial charge in [0.15, 0.2) is 0 Å². The van der Waals surface area contributed by atoms with Gasteiger partial charge in [-0.1, -0.05) is 126 Å². The third-order valence-corrected chi connectivity index (χ3v) is 8.25. The average Bonchev–Trinajstić information content (AvgIpc) is 3.52. The van der Waals surface area contributed by atoms with Crippen LogP contribution in [0.4, 0.5) is 0 Å². The van der Waals surface area contributed by atoms with Crippen molar-refractivity contribution in [3.63, 3.8) is 0 Å². The fraction of sp³-hybridized carbons (Fsp3) is 0. The number of rotatable bonds is 6. The third kappa shape index (κ3) is 5.80. The molecule has 0 aliphatic carbocycles. The number of hydrogen-bond acceptors (Lipinski definition) is 3. The molecule has 2 heterocycles. The van der Waals surface area contributed by atoms with E-state index in [0.29, 0.717) is 11.4 Å². The molecule has 1 N–H and O–H groups in total. The first kappa shape index (κ1) is 30.1. The maximum atomic E-state index is 10.9. The first-order chi connectivity index (χ1) is 22.7. The van der Waals surface area contributed by atoms with Crippen molar-refractivity contribution in [3.8, 4) is 67.5 Å². The molecule has 8 aromatic rings. The van der Waals surface area contributed by atoms with Gasteiger partial charge in [0, 0.05) is 38.6 Å². The van der Waals surface area contributed by atoms with E-state index < -0.39 is 0 Å². The van der Waals surface area contributed by atoms with E-state index in [0.717, 1.165) is 61.4 Å². The molecule has 6 aromatic carbocycles. The molecule has 2 aromatic heterocycles. The fourth-order valence-corrected chi connectivity index (χ4v) is 6.04. The number of aromatic hydroxyl groups is 1. The topological polar surface area (TPSA) is 50.9 Å². The third-order valence-electron chi connectivity index (χ3n) is 8.25. The van der Waals surface area contributed by atoms with Crippen LogP contribution in [0.15, 0.2) is 164 Å². The van der Waals surface area contributed by atoms with Gasteiger partial charge in [-0.3, -0.25) is 9.55 Å². The molecule has 0 saturated carbocycles. The molecule has 0 spiro atoms. The molecule has 4 nitrogen and oxygen atoms in total. The summed E-state index contributed by atoms with van der Waals surface area (Å²) in [6.07, 6.45) is 1.86. The zero-order chi connectivity index (χ0) is 30.9. The first-order valence-corrected chi connectivity index (χ1v) is 15.2. The molecule has 0 aliphatic rings. The van der Waals surface area contributed by atoms with Gasteiger partial charge in [0.2, 0.25) is 0 Å². The van der Waals surface area contributed by atoms with Gasteiger partial charge >= 0.3 is 0 Å². The maximum absolute atomic E-state index is 10.9.